The third-order valence-electron chi connectivity index (χ3n) is 1.26. The van der Waals surface area contributed by atoms with E-state index in [4.69, 9.17) is 0 Å². The lowest BCUT2D eigenvalue weighted by molar-refractivity contribution is 0.489. The van der Waals surface area contributed by atoms with Crippen LogP contribution in [0.3, 0.4) is 0 Å². The maximum atomic E-state index is 10.8. The molecule has 0 saturated carbocycles. The maximum absolute atomic E-state index is 10.8. The van der Waals surface area contributed by atoms with Crippen molar-refractivity contribution in [3.8, 4) is 0 Å². The molecule has 0 amide bonds. The van der Waals surface area contributed by atoms with Crippen LogP contribution in [0.25, 0.3) is 0 Å². The second-order valence-electron chi connectivity index (χ2n) is 1.90. The lowest BCUT2D eigenvalue weighted by atomic mass is 10.5. The molecule has 0 unspecified atom stereocenters. The Morgan fingerprint density at radius 3 is 2.82 bits per heavy atom. The Bertz CT molecular complexity index is 485. The molecule has 0 bridgehead atoms. The van der Waals surface area contributed by atoms with E-state index >= 15 is 0 Å². The number of rotatable bonds is 0. The molecule has 0 atom stereocenters. The van der Waals surface area contributed by atoms with Crippen molar-refractivity contribution in [2.45, 2.75) is 0 Å². The first kappa shape index (κ1) is 6.75. The Labute approximate surface area is 67.6 Å². The average Bonchev–Trinajstić information content (AvgIpc) is 2.30. The molecule has 11 heavy (non-hydrogen) atoms. The zero-order chi connectivity index (χ0) is 7.84. The van der Waals surface area contributed by atoms with Crippen molar-refractivity contribution < 1.29 is 4.42 Å². The smallest absolute Gasteiger partial charge is 0.357 e. The van der Waals surface area contributed by atoms with Gasteiger partial charge in [-0.05, 0) is 6.07 Å². The minimum Gasteiger partial charge on any atom is -0.385 e. The van der Waals surface area contributed by atoms with Crippen LogP contribution >= 0.6 is 20.7 Å². The molecule has 5 heteroatoms. The first-order chi connectivity index (χ1) is 5.29. The van der Waals surface area contributed by atoms with Crippen LogP contribution in [-0.4, -0.2) is 0 Å². The van der Waals surface area contributed by atoms with Crippen LogP contribution in [0.5, 0.6) is 0 Å². The van der Waals surface area contributed by atoms with Crippen LogP contribution in [0.4, 0.5) is 0 Å². The van der Waals surface area contributed by atoms with Gasteiger partial charge in [0.15, 0.2) is 0 Å². The molecule has 0 fully saturated rings. The van der Waals surface area contributed by atoms with Gasteiger partial charge in [0.05, 0.1) is 5.22 Å². The van der Waals surface area contributed by atoms with E-state index in [1.54, 1.807) is 11.4 Å². The second-order valence-corrected chi connectivity index (χ2v) is 4.02. The van der Waals surface area contributed by atoms with E-state index < -0.39 is 11.3 Å². The van der Waals surface area contributed by atoms with Crippen molar-refractivity contribution in [3.05, 3.63) is 42.0 Å². The predicted octanol–water partition coefficient (Wildman–Crippen LogP) is 0.848. The fraction of sp³-hybridized carbons (Fsp3) is 0. The minimum absolute atomic E-state index is 0.388. The summed E-state index contributed by atoms with van der Waals surface area (Å²) in [5, 5.41) is 2.14. The molecule has 2 aliphatic rings. The molecule has 0 aromatic carbocycles. The summed E-state index contributed by atoms with van der Waals surface area (Å²) >= 11 is 0. The fourth-order valence-corrected chi connectivity index (χ4v) is 2.57. The zero-order valence-electron chi connectivity index (χ0n) is 5.20. The Balaban J connectivity index is 3.33. The van der Waals surface area contributed by atoms with Gasteiger partial charge in [-0.1, -0.05) is 20.7 Å². The van der Waals surface area contributed by atoms with E-state index in [0.29, 0.717) is 9.75 Å². The molecule has 0 saturated heterocycles. The van der Waals surface area contributed by atoms with Crippen LogP contribution in [0.1, 0.15) is 0 Å². The zero-order valence-corrected chi connectivity index (χ0v) is 6.83. The van der Waals surface area contributed by atoms with Crippen molar-refractivity contribution in [1.82, 2.24) is 0 Å². The van der Waals surface area contributed by atoms with Crippen molar-refractivity contribution >= 4 is 20.7 Å². The van der Waals surface area contributed by atoms with E-state index in [-0.39, 0.29) is 0 Å². The number of hydrogen-bond donors (Lipinski definition) is 0. The Hall–Kier alpha value is -0.940. The number of hydrogen-bond acceptors (Lipinski definition) is 5. The highest BCUT2D eigenvalue weighted by Crippen LogP contribution is 2.05. The van der Waals surface area contributed by atoms with E-state index in [1.807, 2.05) is 0 Å². The molecule has 2 heterocycles. The minimum atomic E-state index is -0.533. The third-order valence-corrected chi connectivity index (χ3v) is 3.28. The summed E-state index contributed by atoms with van der Waals surface area (Å²) in [4.78, 5) is 21.7. The summed E-state index contributed by atoms with van der Waals surface area (Å²) in [6.07, 6.45) is 0. The molecule has 0 aromatic heterocycles. The normalized spacial score (nSPS) is 10.5. The summed E-state index contributed by atoms with van der Waals surface area (Å²) < 4.78 is 4.79. The summed E-state index contributed by atoms with van der Waals surface area (Å²) in [5.74, 6) is 0. The van der Waals surface area contributed by atoms with Gasteiger partial charge in [-0.3, -0.25) is 0 Å². The SMILES string of the molecule is O=c1oc(=O)c2ssccc1=2. The van der Waals surface area contributed by atoms with Gasteiger partial charge in [-0.25, -0.2) is 9.59 Å². The Morgan fingerprint density at radius 2 is 2.09 bits per heavy atom. The van der Waals surface area contributed by atoms with E-state index in [2.05, 4.69) is 4.42 Å². The molecule has 0 aliphatic carbocycles. The van der Waals surface area contributed by atoms with E-state index in [0.717, 1.165) is 0 Å². The van der Waals surface area contributed by atoms with Crippen LogP contribution in [0.15, 0.2) is 25.5 Å². The highest BCUT2D eigenvalue weighted by molar-refractivity contribution is 7.67. The van der Waals surface area contributed by atoms with Gasteiger partial charge in [0.25, 0.3) is 0 Å². The summed E-state index contributed by atoms with van der Waals surface area (Å²) in [6.45, 7) is 0. The van der Waals surface area contributed by atoms with Crippen LogP contribution in [0, 0.1) is 9.75 Å². The third kappa shape index (κ3) is 0.928. The molecule has 2 aliphatic heterocycles. The van der Waals surface area contributed by atoms with Crippen molar-refractivity contribution in [1.29, 1.82) is 0 Å². The van der Waals surface area contributed by atoms with Gasteiger partial charge < -0.3 is 4.42 Å². The van der Waals surface area contributed by atoms with Crippen LogP contribution in [-0.2, 0) is 0 Å². The van der Waals surface area contributed by atoms with E-state index in [9.17, 15) is 9.59 Å². The lowest BCUT2D eigenvalue weighted by Gasteiger charge is -1.72. The highest BCUT2D eigenvalue weighted by atomic mass is 32.9. The molecule has 0 N–H and O–H groups in total. The molecule has 2 rings (SSSR count). The summed E-state index contributed by atoms with van der Waals surface area (Å²) in [6, 6.07) is 1.60. The van der Waals surface area contributed by atoms with Gasteiger partial charge in [-0.15, -0.1) is 0 Å². The topological polar surface area (TPSA) is 47.3 Å². The largest absolute Gasteiger partial charge is 0.385 e. The molecule has 0 aromatic rings. The van der Waals surface area contributed by atoms with Gasteiger partial charge >= 0.3 is 11.3 Å². The van der Waals surface area contributed by atoms with Gasteiger partial charge in [0.2, 0.25) is 0 Å². The van der Waals surface area contributed by atoms with Crippen molar-refractivity contribution in [2.75, 3.05) is 0 Å². The van der Waals surface area contributed by atoms with Gasteiger partial charge in [0, 0.05) is 5.38 Å². The lowest BCUT2D eigenvalue weighted by Crippen LogP contribution is -1.96. The Morgan fingerprint density at radius 1 is 1.27 bits per heavy atom. The average molecular weight is 186 g/mol. The predicted molar refractivity (Wildman–Crippen MR) is 42.3 cm³/mol. The standard InChI is InChI=1S/C6H2O3S2/c7-5-3-1-2-10-11-4(3)6(8)9-5/h1-2H. The fourth-order valence-electron chi connectivity index (χ4n) is 0.783. The van der Waals surface area contributed by atoms with Gasteiger partial charge in [0.1, 0.15) is 4.53 Å². The molecule has 0 spiro atoms. The van der Waals surface area contributed by atoms with Crippen LogP contribution < -0.4 is 11.3 Å². The van der Waals surface area contributed by atoms with Crippen molar-refractivity contribution in [2.24, 2.45) is 0 Å². The molecule has 56 valence electrons. The molecule has 3 nitrogen and oxygen atoms in total. The highest BCUT2D eigenvalue weighted by Gasteiger charge is 2.02. The van der Waals surface area contributed by atoms with Crippen molar-refractivity contribution in [3.63, 3.8) is 0 Å². The quantitative estimate of drug-likeness (QED) is 0.573. The monoisotopic (exact) mass is 186 g/mol. The second kappa shape index (κ2) is 2.28. The van der Waals surface area contributed by atoms with Crippen LogP contribution in [0.2, 0.25) is 0 Å². The summed E-state index contributed by atoms with van der Waals surface area (Å²) in [7, 11) is 2.66. The first-order valence-corrected chi connectivity index (χ1v) is 5.01. The maximum Gasteiger partial charge on any atom is 0.357 e. The molecular weight excluding hydrogens is 184 g/mol. The summed E-state index contributed by atoms with van der Waals surface area (Å²) in [5.41, 5.74) is -1.05. The van der Waals surface area contributed by atoms with E-state index in [1.165, 1.54) is 20.7 Å². The Kier molecular flexibility index (Phi) is 1.40. The first-order valence-electron chi connectivity index (χ1n) is 2.79. The molecule has 0 radical (unpaired) electrons. The molecular formula is C6H2O3S2. The van der Waals surface area contributed by atoms with Gasteiger partial charge in [-0.2, -0.15) is 0 Å².